The van der Waals surface area contributed by atoms with E-state index in [0.717, 1.165) is 62.2 Å². The average Bonchev–Trinajstić information content (AvgIpc) is 2.65. The molecule has 8 heteroatoms. The maximum absolute atomic E-state index is 12.5. The first-order valence-electron chi connectivity index (χ1n) is 8.92. The van der Waals surface area contributed by atoms with Gasteiger partial charge in [-0.05, 0) is 30.3 Å². The Morgan fingerprint density at radius 3 is 2.56 bits per heavy atom. The number of quaternary nitrogens is 1. The molecule has 1 saturated heterocycles. The van der Waals surface area contributed by atoms with Crippen LogP contribution in [0.2, 0.25) is 5.02 Å². The van der Waals surface area contributed by atoms with Crippen molar-refractivity contribution in [2.45, 2.75) is 17.6 Å². The van der Waals surface area contributed by atoms with Gasteiger partial charge < -0.3 is 9.80 Å². The van der Waals surface area contributed by atoms with Crippen molar-refractivity contribution in [3.05, 3.63) is 53.2 Å². The molecule has 0 atom stereocenters. The highest BCUT2D eigenvalue weighted by Crippen LogP contribution is 2.29. The predicted molar refractivity (Wildman–Crippen MR) is 104 cm³/mol. The summed E-state index contributed by atoms with van der Waals surface area (Å²) in [6.07, 6.45) is -2.41. The van der Waals surface area contributed by atoms with Gasteiger partial charge in [-0.15, -0.1) is 11.8 Å². The zero-order valence-electron chi connectivity index (χ0n) is 14.8. The molecule has 1 aliphatic heterocycles. The minimum Gasteiger partial charge on any atom is -0.360 e. The fraction of sp³-hybridized carbons (Fsp3) is 0.421. The van der Waals surface area contributed by atoms with Gasteiger partial charge in [-0.3, -0.25) is 0 Å². The minimum absolute atomic E-state index is 0.642. The molecule has 0 aliphatic carbocycles. The number of anilines is 1. The molecule has 0 saturated carbocycles. The second-order valence-corrected chi connectivity index (χ2v) is 8.10. The lowest BCUT2D eigenvalue weighted by molar-refractivity contribution is -0.900. The molecule has 3 nitrogen and oxygen atoms in total. The van der Waals surface area contributed by atoms with Gasteiger partial charge in [0, 0.05) is 29.1 Å². The topological polar surface area (TPSA) is 20.6 Å². The van der Waals surface area contributed by atoms with E-state index in [-0.39, 0.29) is 0 Å². The Morgan fingerprint density at radius 1 is 1.15 bits per heavy atom. The van der Waals surface area contributed by atoms with E-state index in [4.69, 9.17) is 11.6 Å². The molecule has 146 valence electrons. The molecule has 1 aliphatic rings. The smallest absolute Gasteiger partial charge is 0.360 e. The standard InChI is InChI=1S/C19H21ClF3N3S/c20-16-3-1-4-17(13-16)26-10-8-25(9-11-26)7-2-12-27-18-6-5-15(14-24-18)19(21,22)23/h1,3-6,13-14H,2,7-12H2/p+1. The maximum atomic E-state index is 12.5. The summed E-state index contributed by atoms with van der Waals surface area (Å²) in [5.41, 5.74) is 0.472. The molecule has 0 radical (unpaired) electrons. The van der Waals surface area contributed by atoms with Gasteiger partial charge >= 0.3 is 6.18 Å². The molecule has 27 heavy (non-hydrogen) atoms. The van der Waals surface area contributed by atoms with Crippen molar-refractivity contribution < 1.29 is 18.1 Å². The third-order valence-corrected chi connectivity index (χ3v) is 5.90. The number of thioether (sulfide) groups is 1. The number of hydrogen-bond donors (Lipinski definition) is 1. The lowest BCUT2D eigenvalue weighted by Gasteiger charge is -2.33. The van der Waals surface area contributed by atoms with Crippen molar-refractivity contribution in [3.8, 4) is 0 Å². The molecular formula is C19H22ClF3N3S+. The van der Waals surface area contributed by atoms with Gasteiger partial charge in [-0.25, -0.2) is 4.98 Å². The number of pyridine rings is 1. The number of piperazine rings is 1. The molecule has 2 aromatic rings. The highest BCUT2D eigenvalue weighted by molar-refractivity contribution is 7.99. The van der Waals surface area contributed by atoms with Crippen LogP contribution in [0.25, 0.3) is 0 Å². The summed E-state index contributed by atoms with van der Waals surface area (Å²) in [5.74, 6) is 0.861. The van der Waals surface area contributed by atoms with Gasteiger partial charge in [-0.2, -0.15) is 13.2 Å². The number of nitrogens with zero attached hydrogens (tertiary/aromatic N) is 2. The number of nitrogens with one attached hydrogen (secondary N) is 1. The van der Waals surface area contributed by atoms with E-state index in [0.29, 0.717) is 5.03 Å². The van der Waals surface area contributed by atoms with Crippen LogP contribution >= 0.6 is 23.4 Å². The second kappa shape index (κ2) is 9.17. The van der Waals surface area contributed by atoms with Gasteiger partial charge in [0.15, 0.2) is 0 Å². The summed E-state index contributed by atoms with van der Waals surface area (Å²) >= 11 is 7.57. The third kappa shape index (κ3) is 6.02. The van der Waals surface area contributed by atoms with Crippen LogP contribution in [0.15, 0.2) is 47.6 Å². The number of rotatable bonds is 6. The molecule has 0 amide bonds. The van der Waals surface area contributed by atoms with Gasteiger partial charge in [-0.1, -0.05) is 17.7 Å². The highest BCUT2D eigenvalue weighted by Gasteiger charge is 2.30. The van der Waals surface area contributed by atoms with E-state index < -0.39 is 11.7 Å². The first kappa shape index (κ1) is 20.3. The van der Waals surface area contributed by atoms with Gasteiger partial charge in [0.2, 0.25) is 0 Å². The maximum Gasteiger partial charge on any atom is 0.417 e. The first-order chi connectivity index (χ1) is 12.9. The normalized spacial score (nSPS) is 15.9. The molecule has 1 fully saturated rings. The van der Waals surface area contributed by atoms with Crippen LogP contribution in [0.5, 0.6) is 0 Å². The summed E-state index contributed by atoms with van der Waals surface area (Å²) in [7, 11) is 0. The SMILES string of the molecule is FC(F)(F)c1ccc(SCCC[NH+]2CCN(c3cccc(Cl)c3)CC2)nc1. The second-order valence-electron chi connectivity index (χ2n) is 6.55. The highest BCUT2D eigenvalue weighted by atomic mass is 35.5. The van der Waals surface area contributed by atoms with E-state index in [1.807, 2.05) is 18.2 Å². The molecule has 1 aromatic carbocycles. The summed E-state index contributed by atoms with van der Waals surface area (Å²) in [5, 5.41) is 1.40. The molecule has 1 N–H and O–H groups in total. The average molecular weight is 417 g/mol. The number of benzene rings is 1. The lowest BCUT2D eigenvalue weighted by Crippen LogP contribution is -3.14. The number of aromatic nitrogens is 1. The zero-order valence-corrected chi connectivity index (χ0v) is 16.4. The quantitative estimate of drug-likeness (QED) is 0.573. The lowest BCUT2D eigenvalue weighted by atomic mass is 10.2. The Kier molecular flexibility index (Phi) is 6.89. The van der Waals surface area contributed by atoms with Crippen LogP contribution in [-0.4, -0.2) is 43.5 Å². The van der Waals surface area contributed by atoms with Crippen molar-refractivity contribution in [1.82, 2.24) is 4.98 Å². The number of alkyl halides is 3. The zero-order chi connectivity index (χ0) is 19.3. The molecule has 3 rings (SSSR count). The van der Waals surface area contributed by atoms with Crippen molar-refractivity contribution in [1.29, 1.82) is 0 Å². The van der Waals surface area contributed by atoms with Crippen LogP contribution in [0.3, 0.4) is 0 Å². The number of halogens is 4. The number of hydrogen-bond acceptors (Lipinski definition) is 3. The van der Waals surface area contributed by atoms with Crippen molar-refractivity contribution >= 4 is 29.1 Å². The van der Waals surface area contributed by atoms with Gasteiger partial charge in [0.05, 0.1) is 43.3 Å². The van der Waals surface area contributed by atoms with E-state index in [1.54, 1.807) is 4.90 Å². The summed E-state index contributed by atoms with van der Waals surface area (Å²) in [6, 6.07) is 10.5. The fourth-order valence-electron chi connectivity index (χ4n) is 3.14. The Balaban J connectivity index is 1.36. The Hall–Kier alpha value is -1.44. The van der Waals surface area contributed by atoms with Crippen LogP contribution in [0.1, 0.15) is 12.0 Å². The van der Waals surface area contributed by atoms with E-state index in [2.05, 4.69) is 16.0 Å². The first-order valence-corrected chi connectivity index (χ1v) is 10.3. The predicted octanol–water partition coefficient (Wildman–Crippen LogP) is 3.64. The van der Waals surface area contributed by atoms with Gasteiger partial charge in [0.1, 0.15) is 0 Å². The third-order valence-electron chi connectivity index (χ3n) is 4.63. The van der Waals surface area contributed by atoms with Crippen molar-refractivity contribution in [2.75, 3.05) is 43.4 Å². The van der Waals surface area contributed by atoms with E-state index in [1.165, 1.54) is 23.5 Å². The minimum atomic E-state index is -4.33. The summed E-state index contributed by atoms with van der Waals surface area (Å²) in [4.78, 5) is 7.82. The summed E-state index contributed by atoms with van der Waals surface area (Å²) < 4.78 is 37.6. The van der Waals surface area contributed by atoms with Crippen LogP contribution in [0, 0.1) is 0 Å². The largest absolute Gasteiger partial charge is 0.417 e. The molecule has 0 unspecified atom stereocenters. The van der Waals surface area contributed by atoms with Crippen molar-refractivity contribution in [2.24, 2.45) is 0 Å². The monoisotopic (exact) mass is 416 g/mol. The van der Waals surface area contributed by atoms with E-state index >= 15 is 0 Å². The molecule has 2 heterocycles. The molecule has 1 aromatic heterocycles. The molecular weight excluding hydrogens is 395 g/mol. The Labute approximate surface area is 166 Å². The Morgan fingerprint density at radius 2 is 1.93 bits per heavy atom. The molecule has 0 bridgehead atoms. The van der Waals surface area contributed by atoms with Crippen LogP contribution in [-0.2, 0) is 6.18 Å². The Bertz CT molecular complexity index is 732. The fourth-order valence-corrected chi connectivity index (χ4v) is 4.11. The van der Waals surface area contributed by atoms with Crippen molar-refractivity contribution in [3.63, 3.8) is 0 Å². The molecule has 0 spiro atoms. The van der Waals surface area contributed by atoms with Crippen LogP contribution in [0.4, 0.5) is 18.9 Å². The van der Waals surface area contributed by atoms with Gasteiger partial charge in [0.25, 0.3) is 0 Å². The van der Waals surface area contributed by atoms with Crippen LogP contribution < -0.4 is 9.80 Å². The summed E-state index contributed by atoms with van der Waals surface area (Å²) in [6.45, 7) is 5.23. The van der Waals surface area contributed by atoms with E-state index in [9.17, 15) is 13.2 Å².